The summed E-state index contributed by atoms with van der Waals surface area (Å²) in [5.74, 6) is 0. The van der Waals surface area contributed by atoms with Gasteiger partial charge in [-0.1, -0.05) is 38.1 Å². The molecule has 0 amide bonds. The summed E-state index contributed by atoms with van der Waals surface area (Å²) in [7, 11) is 0. The molecule has 0 aliphatic carbocycles. The molecular formula is C19H22N4O2. The van der Waals surface area contributed by atoms with Gasteiger partial charge in [-0.3, -0.25) is 10.1 Å². The molecule has 2 aromatic carbocycles. The first-order valence-electron chi connectivity index (χ1n) is 8.51. The van der Waals surface area contributed by atoms with Crippen molar-refractivity contribution < 1.29 is 4.92 Å². The van der Waals surface area contributed by atoms with E-state index in [2.05, 4.69) is 29.5 Å². The van der Waals surface area contributed by atoms with E-state index in [0.29, 0.717) is 16.9 Å². The zero-order valence-corrected chi connectivity index (χ0v) is 14.5. The zero-order chi connectivity index (χ0) is 17.8. The van der Waals surface area contributed by atoms with Gasteiger partial charge in [-0.25, -0.2) is 4.98 Å². The minimum absolute atomic E-state index is 0.0820. The second kappa shape index (κ2) is 7.44. The molecule has 3 aromatic rings. The topological polar surface area (TPSA) is 80.1 Å². The summed E-state index contributed by atoms with van der Waals surface area (Å²) in [4.78, 5) is 15.7. The summed E-state index contributed by atoms with van der Waals surface area (Å²) < 4.78 is 0. The van der Waals surface area contributed by atoms with Gasteiger partial charge in [-0.2, -0.15) is 0 Å². The van der Waals surface area contributed by atoms with E-state index in [1.807, 2.05) is 30.3 Å². The molecule has 6 nitrogen and oxygen atoms in total. The molecule has 25 heavy (non-hydrogen) atoms. The number of nitro groups is 1. The van der Waals surface area contributed by atoms with Crippen molar-refractivity contribution in [2.24, 2.45) is 0 Å². The second-order valence-electron chi connectivity index (χ2n) is 6.32. The Hall–Kier alpha value is -2.73. The van der Waals surface area contributed by atoms with Gasteiger partial charge in [-0.15, -0.1) is 0 Å². The fourth-order valence-corrected chi connectivity index (χ4v) is 2.95. The molecule has 0 unspecified atom stereocenters. The molecule has 0 spiro atoms. The first kappa shape index (κ1) is 17.1. The summed E-state index contributed by atoms with van der Waals surface area (Å²) in [5, 5.41) is 19.8. The number of pyridine rings is 1. The maximum Gasteiger partial charge on any atom is 0.280 e. The zero-order valence-electron chi connectivity index (χ0n) is 14.5. The Morgan fingerprint density at radius 3 is 2.60 bits per heavy atom. The average Bonchev–Trinajstić information content (AvgIpc) is 2.59. The quantitative estimate of drug-likeness (QED) is 0.293. The maximum atomic E-state index is 11.5. The summed E-state index contributed by atoms with van der Waals surface area (Å²) in [6, 6.07) is 13.2. The van der Waals surface area contributed by atoms with Crippen LogP contribution < -0.4 is 10.6 Å². The third kappa shape index (κ3) is 3.69. The van der Waals surface area contributed by atoms with Crippen molar-refractivity contribution in [2.45, 2.75) is 26.3 Å². The van der Waals surface area contributed by atoms with Gasteiger partial charge in [0, 0.05) is 24.0 Å². The molecule has 0 bridgehead atoms. The fraction of sp³-hybridized carbons (Fsp3) is 0.316. The molecule has 0 aliphatic heterocycles. The van der Waals surface area contributed by atoms with Crippen LogP contribution in [0.1, 0.15) is 20.3 Å². The molecule has 2 N–H and O–H groups in total. The predicted molar refractivity (Wildman–Crippen MR) is 102 cm³/mol. The Morgan fingerprint density at radius 1 is 1.08 bits per heavy atom. The van der Waals surface area contributed by atoms with E-state index < -0.39 is 0 Å². The Bertz CT molecular complexity index is 908. The highest BCUT2D eigenvalue weighted by molar-refractivity contribution is 6.11. The van der Waals surface area contributed by atoms with Crippen molar-refractivity contribution in [2.75, 3.05) is 18.4 Å². The normalized spacial score (nSPS) is 11.3. The van der Waals surface area contributed by atoms with E-state index in [0.717, 1.165) is 36.1 Å². The van der Waals surface area contributed by atoms with Gasteiger partial charge < -0.3 is 10.6 Å². The molecule has 0 atom stereocenters. The standard InChI is InChI=1S/C19H22N4O2/c1-13(2)20-11-6-12-21-19-14-7-3-4-8-15(14)22-16-9-5-10-17(18(16)19)23(24)25/h3-5,7-10,13,20H,6,11-12H2,1-2H3,(H,21,22). The maximum absolute atomic E-state index is 11.5. The van der Waals surface area contributed by atoms with Crippen molar-refractivity contribution in [1.82, 2.24) is 10.3 Å². The Labute approximate surface area is 146 Å². The van der Waals surface area contributed by atoms with Crippen LogP contribution in [0.4, 0.5) is 11.4 Å². The number of nitro benzene ring substituents is 1. The monoisotopic (exact) mass is 338 g/mol. The van der Waals surface area contributed by atoms with Gasteiger partial charge >= 0.3 is 0 Å². The smallest absolute Gasteiger partial charge is 0.280 e. The van der Waals surface area contributed by atoms with Gasteiger partial charge in [0.2, 0.25) is 0 Å². The van der Waals surface area contributed by atoms with Crippen molar-refractivity contribution in [3.8, 4) is 0 Å². The molecule has 1 aromatic heterocycles. The number of nitrogens with zero attached hydrogens (tertiary/aromatic N) is 2. The lowest BCUT2D eigenvalue weighted by molar-refractivity contribution is -0.383. The Balaban J connectivity index is 2.03. The molecule has 6 heteroatoms. The summed E-state index contributed by atoms with van der Waals surface area (Å²) in [6.07, 6.45) is 0.928. The number of benzene rings is 2. The van der Waals surface area contributed by atoms with Gasteiger partial charge in [0.25, 0.3) is 5.69 Å². The third-order valence-corrected chi connectivity index (χ3v) is 4.09. The number of aromatic nitrogens is 1. The van der Waals surface area contributed by atoms with Crippen molar-refractivity contribution in [1.29, 1.82) is 0 Å². The number of anilines is 1. The Kier molecular flexibility index (Phi) is 5.09. The number of non-ortho nitro benzene ring substituents is 1. The van der Waals surface area contributed by atoms with Crippen LogP contribution in [-0.4, -0.2) is 29.0 Å². The van der Waals surface area contributed by atoms with E-state index in [4.69, 9.17) is 0 Å². The lowest BCUT2D eigenvalue weighted by Gasteiger charge is -2.14. The molecule has 0 radical (unpaired) electrons. The number of fused-ring (bicyclic) bond motifs is 2. The molecule has 3 rings (SSSR count). The first-order valence-corrected chi connectivity index (χ1v) is 8.51. The highest BCUT2D eigenvalue weighted by Crippen LogP contribution is 2.36. The van der Waals surface area contributed by atoms with Crippen LogP contribution in [0.5, 0.6) is 0 Å². The molecule has 0 saturated carbocycles. The highest BCUT2D eigenvalue weighted by Gasteiger charge is 2.18. The van der Waals surface area contributed by atoms with Crippen molar-refractivity contribution in [3.63, 3.8) is 0 Å². The average molecular weight is 338 g/mol. The minimum Gasteiger partial charge on any atom is -0.384 e. The molecule has 0 aliphatic rings. The van der Waals surface area contributed by atoms with Crippen molar-refractivity contribution >= 4 is 33.2 Å². The summed E-state index contributed by atoms with van der Waals surface area (Å²) in [6.45, 7) is 5.85. The van der Waals surface area contributed by atoms with E-state index in [1.165, 1.54) is 6.07 Å². The van der Waals surface area contributed by atoms with Gasteiger partial charge in [0.15, 0.2) is 0 Å². The number of para-hydroxylation sites is 1. The van der Waals surface area contributed by atoms with Crippen molar-refractivity contribution in [3.05, 3.63) is 52.6 Å². The first-order chi connectivity index (χ1) is 12.1. The molecular weight excluding hydrogens is 316 g/mol. The summed E-state index contributed by atoms with van der Waals surface area (Å²) in [5.41, 5.74) is 2.34. The lowest BCUT2D eigenvalue weighted by Crippen LogP contribution is -2.25. The molecule has 0 fully saturated rings. The van der Waals surface area contributed by atoms with E-state index in [-0.39, 0.29) is 10.6 Å². The number of hydrogen-bond acceptors (Lipinski definition) is 5. The van der Waals surface area contributed by atoms with Crippen LogP contribution in [0.2, 0.25) is 0 Å². The molecule has 0 saturated heterocycles. The van der Waals surface area contributed by atoms with Crippen LogP contribution in [0.25, 0.3) is 21.8 Å². The van der Waals surface area contributed by atoms with E-state index in [1.54, 1.807) is 6.07 Å². The minimum atomic E-state index is -0.343. The van der Waals surface area contributed by atoms with Crippen LogP contribution in [0.3, 0.4) is 0 Å². The fourth-order valence-electron chi connectivity index (χ4n) is 2.95. The summed E-state index contributed by atoms with van der Waals surface area (Å²) >= 11 is 0. The van der Waals surface area contributed by atoms with Crippen LogP contribution in [0, 0.1) is 10.1 Å². The van der Waals surface area contributed by atoms with E-state index in [9.17, 15) is 10.1 Å². The second-order valence-corrected chi connectivity index (χ2v) is 6.32. The van der Waals surface area contributed by atoms with Gasteiger partial charge in [0.05, 0.1) is 21.6 Å². The predicted octanol–water partition coefficient (Wildman–Crippen LogP) is 4.10. The van der Waals surface area contributed by atoms with E-state index >= 15 is 0 Å². The van der Waals surface area contributed by atoms with Gasteiger partial charge in [-0.05, 0) is 25.1 Å². The highest BCUT2D eigenvalue weighted by atomic mass is 16.6. The molecule has 1 heterocycles. The number of hydrogen-bond donors (Lipinski definition) is 2. The van der Waals surface area contributed by atoms with Crippen LogP contribution >= 0.6 is 0 Å². The third-order valence-electron chi connectivity index (χ3n) is 4.09. The Morgan fingerprint density at radius 2 is 1.84 bits per heavy atom. The van der Waals surface area contributed by atoms with Crippen LogP contribution in [0.15, 0.2) is 42.5 Å². The SMILES string of the molecule is CC(C)NCCCNc1c2ccccc2nc2cccc([N+](=O)[O-])c12. The van der Waals surface area contributed by atoms with Crippen LogP contribution in [-0.2, 0) is 0 Å². The molecule has 130 valence electrons. The lowest BCUT2D eigenvalue weighted by atomic mass is 10.1. The number of rotatable bonds is 7. The van der Waals surface area contributed by atoms with Gasteiger partial charge in [0.1, 0.15) is 5.39 Å². The largest absolute Gasteiger partial charge is 0.384 e. The number of nitrogens with one attached hydrogen (secondary N) is 2.